The van der Waals surface area contributed by atoms with Crippen molar-refractivity contribution in [2.24, 2.45) is 0 Å². The first-order valence-electron chi connectivity index (χ1n) is 3.34. The van der Waals surface area contributed by atoms with Crippen LogP contribution in [-0.2, 0) is 0 Å². The maximum atomic E-state index is 10.2. The van der Waals surface area contributed by atoms with Gasteiger partial charge in [0.1, 0.15) is 6.20 Å². The Morgan fingerprint density at radius 2 is 2.46 bits per heavy atom. The lowest BCUT2D eigenvalue weighted by molar-refractivity contribution is -0.385. The maximum absolute atomic E-state index is 10.2. The van der Waals surface area contributed by atoms with E-state index in [9.17, 15) is 10.1 Å². The van der Waals surface area contributed by atoms with Crippen LogP contribution in [0.5, 0.6) is 0 Å². The monoisotopic (exact) mass is 195 g/mol. The number of aromatic nitrogens is 1. The van der Waals surface area contributed by atoms with E-state index in [1.807, 2.05) is 6.07 Å². The van der Waals surface area contributed by atoms with Crippen LogP contribution < -0.4 is 0 Å². The first-order valence-corrected chi connectivity index (χ1v) is 4.33. The van der Waals surface area contributed by atoms with Crippen molar-refractivity contribution in [3.63, 3.8) is 0 Å². The van der Waals surface area contributed by atoms with Crippen molar-refractivity contribution in [2.45, 2.75) is 5.03 Å². The second-order valence-electron chi connectivity index (χ2n) is 2.06. The van der Waals surface area contributed by atoms with Gasteiger partial charge in [0.15, 0.2) is 0 Å². The number of nitrogens with zero attached hydrogens (tertiary/aromatic N) is 3. The van der Waals surface area contributed by atoms with Gasteiger partial charge in [-0.2, -0.15) is 5.26 Å². The average Bonchev–Trinajstić information content (AvgIpc) is 2.15. The number of nitriles is 1. The molecule has 0 saturated carbocycles. The molecule has 0 aliphatic rings. The van der Waals surface area contributed by atoms with Gasteiger partial charge in [-0.3, -0.25) is 10.1 Å². The van der Waals surface area contributed by atoms with Gasteiger partial charge in [0, 0.05) is 6.07 Å². The molecule has 0 unspecified atom stereocenters. The lowest BCUT2D eigenvalue weighted by Crippen LogP contribution is -1.89. The summed E-state index contributed by atoms with van der Waals surface area (Å²) in [7, 11) is 0. The molecule has 1 aromatic rings. The van der Waals surface area contributed by atoms with Gasteiger partial charge in [0.05, 0.1) is 21.8 Å². The van der Waals surface area contributed by atoms with E-state index in [2.05, 4.69) is 4.98 Å². The van der Waals surface area contributed by atoms with Gasteiger partial charge >= 0.3 is 0 Å². The van der Waals surface area contributed by atoms with E-state index in [4.69, 9.17) is 5.26 Å². The number of hydrogen-bond acceptors (Lipinski definition) is 5. The quantitative estimate of drug-likeness (QED) is 0.415. The van der Waals surface area contributed by atoms with Crippen LogP contribution in [0, 0.1) is 21.4 Å². The highest BCUT2D eigenvalue weighted by molar-refractivity contribution is 7.99. The second kappa shape index (κ2) is 4.42. The zero-order valence-electron chi connectivity index (χ0n) is 6.51. The molecule has 0 aliphatic heterocycles. The normalized spacial score (nSPS) is 9.15. The predicted octanol–water partition coefficient (Wildman–Crippen LogP) is 1.61. The van der Waals surface area contributed by atoms with Crippen molar-refractivity contribution in [2.75, 3.05) is 5.75 Å². The minimum Gasteiger partial charge on any atom is -0.258 e. The van der Waals surface area contributed by atoms with E-state index >= 15 is 0 Å². The second-order valence-corrected chi connectivity index (χ2v) is 3.05. The van der Waals surface area contributed by atoms with Crippen molar-refractivity contribution < 1.29 is 4.92 Å². The van der Waals surface area contributed by atoms with Gasteiger partial charge in [0.25, 0.3) is 5.69 Å². The van der Waals surface area contributed by atoms with Gasteiger partial charge in [-0.1, -0.05) is 11.8 Å². The highest BCUT2D eigenvalue weighted by Gasteiger charge is 2.04. The zero-order chi connectivity index (χ0) is 9.68. The van der Waals surface area contributed by atoms with Crippen LogP contribution in [-0.4, -0.2) is 15.7 Å². The molecule has 6 heteroatoms. The van der Waals surface area contributed by atoms with Crippen LogP contribution in [0.4, 0.5) is 5.69 Å². The van der Waals surface area contributed by atoms with Gasteiger partial charge in [-0.25, -0.2) is 4.98 Å². The molecule has 5 nitrogen and oxygen atoms in total. The molecule has 0 saturated heterocycles. The molecular weight excluding hydrogens is 190 g/mol. The predicted molar refractivity (Wildman–Crippen MR) is 47.2 cm³/mol. The van der Waals surface area contributed by atoms with Gasteiger partial charge in [0.2, 0.25) is 0 Å². The molecule has 1 aromatic heterocycles. The van der Waals surface area contributed by atoms with Crippen LogP contribution in [0.3, 0.4) is 0 Å². The van der Waals surface area contributed by atoms with Crippen LogP contribution in [0.2, 0.25) is 0 Å². The Kier molecular flexibility index (Phi) is 3.23. The van der Waals surface area contributed by atoms with Crippen molar-refractivity contribution >= 4 is 17.4 Å². The first-order chi connectivity index (χ1) is 6.24. The molecule has 66 valence electrons. The van der Waals surface area contributed by atoms with E-state index < -0.39 is 4.92 Å². The average molecular weight is 195 g/mol. The Morgan fingerprint density at radius 3 is 2.92 bits per heavy atom. The van der Waals surface area contributed by atoms with E-state index in [0.29, 0.717) is 10.8 Å². The molecule has 1 rings (SSSR count). The summed E-state index contributed by atoms with van der Waals surface area (Å²) < 4.78 is 0. The molecule has 1 heterocycles. The summed E-state index contributed by atoms with van der Waals surface area (Å²) in [6.45, 7) is 0. The fourth-order valence-electron chi connectivity index (χ4n) is 0.672. The summed E-state index contributed by atoms with van der Waals surface area (Å²) in [4.78, 5) is 13.5. The Morgan fingerprint density at radius 1 is 1.69 bits per heavy atom. The third-order valence-electron chi connectivity index (χ3n) is 1.22. The first kappa shape index (κ1) is 9.48. The highest BCUT2D eigenvalue weighted by atomic mass is 32.2. The lowest BCUT2D eigenvalue weighted by atomic mass is 10.4. The van der Waals surface area contributed by atoms with Crippen molar-refractivity contribution in [1.29, 1.82) is 5.26 Å². The molecular formula is C7H5N3O2S. The minimum absolute atomic E-state index is 0.0405. The third-order valence-corrected chi connectivity index (χ3v) is 2.03. The number of thioether (sulfide) groups is 1. The number of nitro groups is 1. The molecule has 0 atom stereocenters. The highest BCUT2D eigenvalue weighted by Crippen LogP contribution is 2.17. The number of pyridine rings is 1. The van der Waals surface area contributed by atoms with Crippen LogP contribution in [0.1, 0.15) is 0 Å². The Labute approximate surface area is 78.5 Å². The Bertz CT molecular complexity index is 344. The standard InChI is InChI=1S/C7H5N3O2S/c8-3-4-13-7-2-1-6(5-9-7)10(11)12/h1-2,5H,4H2. The van der Waals surface area contributed by atoms with E-state index in [0.717, 1.165) is 0 Å². The molecule has 0 aliphatic carbocycles. The summed E-state index contributed by atoms with van der Waals surface area (Å²) in [6, 6.07) is 4.84. The molecule has 0 spiro atoms. The SMILES string of the molecule is N#CCSc1ccc([N+](=O)[O-])cn1. The van der Waals surface area contributed by atoms with Crippen LogP contribution in [0.15, 0.2) is 23.4 Å². The summed E-state index contributed by atoms with van der Waals surface area (Å²) in [5.41, 5.74) is -0.0405. The van der Waals surface area contributed by atoms with Crippen LogP contribution >= 0.6 is 11.8 Å². The molecule has 13 heavy (non-hydrogen) atoms. The number of hydrogen-bond donors (Lipinski definition) is 0. The smallest absolute Gasteiger partial charge is 0.258 e. The van der Waals surface area contributed by atoms with E-state index in [1.54, 1.807) is 0 Å². The van der Waals surface area contributed by atoms with Gasteiger partial charge in [-0.05, 0) is 6.07 Å². The summed E-state index contributed by atoms with van der Waals surface area (Å²) in [5, 5.41) is 19.1. The largest absolute Gasteiger partial charge is 0.287 e. The fourth-order valence-corrected chi connectivity index (χ4v) is 1.18. The molecule has 0 fully saturated rings. The minimum atomic E-state index is -0.508. The number of rotatable bonds is 3. The van der Waals surface area contributed by atoms with Crippen molar-refractivity contribution in [3.8, 4) is 6.07 Å². The molecule has 0 N–H and O–H groups in total. The van der Waals surface area contributed by atoms with E-state index in [1.165, 1.54) is 30.1 Å². The van der Waals surface area contributed by atoms with E-state index in [-0.39, 0.29) is 5.69 Å². The molecule has 0 bridgehead atoms. The molecule has 0 amide bonds. The summed E-state index contributed by atoms with van der Waals surface area (Å²) >= 11 is 1.25. The maximum Gasteiger partial charge on any atom is 0.287 e. The van der Waals surface area contributed by atoms with Crippen LogP contribution in [0.25, 0.3) is 0 Å². The summed E-state index contributed by atoms with van der Waals surface area (Å²) in [6.07, 6.45) is 1.18. The topological polar surface area (TPSA) is 79.8 Å². The van der Waals surface area contributed by atoms with Gasteiger partial charge < -0.3 is 0 Å². The Hall–Kier alpha value is -1.61. The lowest BCUT2D eigenvalue weighted by Gasteiger charge is -1.94. The van der Waals surface area contributed by atoms with Gasteiger partial charge in [-0.15, -0.1) is 0 Å². The molecule has 0 aromatic carbocycles. The Balaban J connectivity index is 2.71. The van der Waals surface area contributed by atoms with Crippen molar-refractivity contribution in [1.82, 2.24) is 4.98 Å². The zero-order valence-corrected chi connectivity index (χ0v) is 7.32. The fraction of sp³-hybridized carbons (Fsp3) is 0.143. The van der Waals surface area contributed by atoms with Crippen molar-refractivity contribution in [3.05, 3.63) is 28.4 Å². The summed E-state index contributed by atoms with van der Waals surface area (Å²) in [5.74, 6) is 0.296. The third kappa shape index (κ3) is 2.72. The molecule has 0 radical (unpaired) electrons.